The van der Waals surface area contributed by atoms with Gasteiger partial charge in [0, 0.05) is 17.0 Å². The Morgan fingerprint density at radius 3 is 2.12 bits per heavy atom. The number of anilines is 1. The smallest absolute Gasteiger partial charge is 0.162 e. The topological polar surface area (TPSA) is 96.3 Å². The van der Waals surface area contributed by atoms with Gasteiger partial charge in [-0.3, -0.25) is 0 Å². The highest BCUT2D eigenvalue weighted by Crippen LogP contribution is 2.34. The van der Waals surface area contributed by atoms with Gasteiger partial charge in [-0.25, -0.2) is 9.97 Å². The summed E-state index contributed by atoms with van der Waals surface area (Å²) >= 11 is 0. The van der Waals surface area contributed by atoms with E-state index in [2.05, 4.69) is 9.97 Å². The number of fused-ring (bicyclic) bond motifs is 1. The van der Waals surface area contributed by atoms with Crippen molar-refractivity contribution < 1.29 is 9.47 Å². The molecule has 8 heteroatoms. The SMILES string of the molecule is COc1cc2nc(-c3ccc(CCN)cc3)nc(N)c2cc1OC.Cl.Cl. The second-order valence-electron chi connectivity index (χ2n) is 5.39. The summed E-state index contributed by atoms with van der Waals surface area (Å²) < 4.78 is 10.6. The van der Waals surface area contributed by atoms with Gasteiger partial charge in [-0.15, -0.1) is 24.8 Å². The molecule has 0 fully saturated rings. The van der Waals surface area contributed by atoms with Gasteiger partial charge >= 0.3 is 0 Å². The Hall–Kier alpha value is -2.28. The molecule has 0 spiro atoms. The van der Waals surface area contributed by atoms with Crippen molar-refractivity contribution >= 4 is 41.5 Å². The normalized spacial score (nSPS) is 9.96. The molecule has 6 nitrogen and oxygen atoms in total. The predicted molar refractivity (Wildman–Crippen MR) is 110 cm³/mol. The second-order valence-corrected chi connectivity index (χ2v) is 5.39. The van der Waals surface area contributed by atoms with Crippen LogP contribution < -0.4 is 20.9 Å². The molecule has 0 saturated carbocycles. The summed E-state index contributed by atoms with van der Waals surface area (Å²) in [6.07, 6.45) is 0.845. The lowest BCUT2D eigenvalue weighted by Gasteiger charge is -2.11. The van der Waals surface area contributed by atoms with Crippen molar-refractivity contribution in [1.82, 2.24) is 9.97 Å². The lowest BCUT2D eigenvalue weighted by Crippen LogP contribution is -2.02. The highest BCUT2D eigenvalue weighted by atomic mass is 35.5. The van der Waals surface area contributed by atoms with Crippen LogP contribution in [0, 0.1) is 0 Å². The van der Waals surface area contributed by atoms with Crippen molar-refractivity contribution in [2.24, 2.45) is 5.73 Å². The summed E-state index contributed by atoms with van der Waals surface area (Å²) in [5.41, 5.74) is 14.5. The molecule has 0 atom stereocenters. The Bertz CT molecular complexity index is 873. The first-order chi connectivity index (χ1) is 11.7. The van der Waals surface area contributed by atoms with Gasteiger partial charge in [-0.1, -0.05) is 24.3 Å². The van der Waals surface area contributed by atoms with Crippen molar-refractivity contribution in [2.75, 3.05) is 26.5 Å². The maximum Gasteiger partial charge on any atom is 0.162 e. The van der Waals surface area contributed by atoms with Crippen molar-refractivity contribution in [3.05, 3.63) is 42.0 Å². The van der Waals surface area contributed by atoms with Crippen LogP contribution in [-0.2, 0) is 6.42 Å². The van der Waals surface area contributed by atoms with Crippen LogP contribution in [0.1, 0.15) is 5.56 Å². The third kappa shape index (κ3) is 4.27. The van der Waals surface area contributed by atoms with Crippen LogP contribution in [0.3, 0.4) is 0 Å². The number of hydrogen-bond acceptors (Lipinski definition) is 6. The first-order valence-corrected chi connectivity index (χ1v) is 7.65. The Balaban J connectivity index is 0.00000169. The molecule has 3 aromatic rings. The van der Waals surface area contributed by atoms with Crippen LogP contribution >= 0.6 is 24.8 Å². The van der Waals surface area contributed by atoms with E-state index in [0.29, 0.717) is 35.2 Å². The number of halogens is 2. The van der Waals surface area contributed by atoms with E-state index in [1.807, 2.05) is 24.3 Å². The van der Waals surface area contributed by atoms with Crippen molar-refractivity contribution in [2.45, 2.75) is 6.42 Å². The van der Waals surface area contributed by atoms with E-state index in [1.165, 1.54) is 5.56 Å². The van der Waals surface area contributed by atoms with Crippen LogP contribution in [0.4, 0.5) is 5.82 Å². The standard InChI is InChI=1S/C18H20N4O2.2ClH/c1-23-15-9-13-14(10-16(15)24-2)21-18(22-17(13)20)12-5-3-11(4-6-12)7-8-19;;/h3-6,9-10H,7-8,19H2,1-2H3,(H2,20,21,22);2*1H. The number of nitrogens with zero attached hydrogens (tertiary/aromatic N) is 2. The lowest BCUT2D eigenvalue weighted by atomic mass is 10.1. The largest absolute Gasteiger partial charge is 0.493 e. The zero-order valence-electron chi connectivity index (χ0n) is 14.6. The molecular formula is C18H22Cl2N4O2. The molecule has 2 aromatic carbocycles. The number of nitrogens with two attached hydrogens (primary N) is 2. The van der Waals surface area contributed by atoms with Gasteiger partial charge in [0.25, 0.3) is 0 Å². The van der Waals surface area contributed by atoms with Crippen LogP contribution in [-0.4, -0.2) is 30.7 Å². The van der Waals surface area contributed by atoms with Gasteiger partial charge < -0.3 is 20.9 Å². The van der Waals surface area contributed by atoms with E-state index >= 15 is 0 Å². The highest BCUT2D eigenvalue weighted by Gasteiger charge is 2.12. The average molecular weight is 397 g/mol. The van der Waals surface area contributed by atoms with Gasteiger partial charge in [-0.05, 0) is 24.6 Å². The van der Waals surface area contributed by atoms with E-state index in [-0.39, 0.29) is 24.8 Å². The fourth-order valence-corrected chi connectivity index (χ4v) is 2.60. The molecule has 0 saturated heterocycles. The Morgan fingerprint density at radius 2 is 1.54 bits per heavy atom. The number of nitrogen functional groups attached to an aromatic ring is 1. The first kappa shape index (κ1) is 21.8. The number of aromatic nitrogens is 2. The lowest BCUT2D eigenvalue weighted by molar-refractivity contribution is 0.356. The summed E-state index contributed by atoms with van der Waals surface area (Å²) in [5.74, 6) is 2.18. The van der Waals surface area contributed by atoms with Crippen LogP contribution in [0.15, 0.2) is 36.4 Å². The molecule has 0 aliphatic heterocycles. The summed E-state index contributed by atoms with van der Waals surface area (Å²) in [4.78, 5) is 9.04. The van der Waals surface area contributed by atoms with Gasteiger partial charge in [-0.2, -0.15) is 0 Å². The molecule has 4 N–H and O–H groups in total. The number of ether oxygens (including phenoxy) is 2. The number of benzene rings is 2. The van der Waals surface area contributed by atoms with Gasteiger partial charge in [0.2, 0.25) is 0 Å². The molecule has 0 unspecified atom stereocenters. The Kier molecular flexibility index (Phi) is 7.89. The van der Waals surface area contributed by atoms with Gasteiger partial charge in [0.1, 0.15) is 5.82 Å². The minimum Gasteiger partial charge on any atom is -0.493 e. The number of hydrogen-bond donors (Lipinski definition) is 2. The second kappa shape index (κ2) is 9.43. The molecule has 0 radical (unpaired) electrons. The molecule has 140 valence electrons. The van der Waals surface area contributed by atoms with Crippen molar-refractivity contribution in [1.29, 1.82) is 0 Å². The molecule has 0 aliphatic rings. The van der Waals surface area contributed by atoms with Gasteiger partial charge in [0.05, 0.1) is 19.7 Å². The summed E-state index contributed by atoms with van der Waals surface area (Å²) in [6.45, 7) is 0.625. The monoisotopic (exact) mass is 396 g/mol. The summed E-state index contributed by atoms with van der Waals surface area (Å²) in [7, 11) is 3.17. The number of methoxy groups -OCH3 is 2. The van der Waals surface area contributed by atoms with Crippen molar-refractivity contribution in [3.63, 3.8) is 0 Å². The zero-order valence-corrected chi connectivity index (χ0v) is 16.2. The van der Waals surface area contributed by atoms with E-state index in [0.717, 1.165) is 17.4 Å². The molecule has 26 heavy (non-hydrogen) atoms. The maximum atomic E-state index is 6.12. The van der Waals surface area contributed by atoms with Crippen LogP contribution in [0.2, 0.25) is 0 Å². The van der Waals surface area contributed by atoms with Crippen molar-refractivity contribution in [3.8, 4) is 22.9 Å². The minimum atomic E-state index is 0. The number of rotatable bonds is 5. The molecule has 0 amide bonds. The first-order valence-electron chi connectivity index (χ1n) is 7.65. The molecule has 0 bridgehead atoms. The molecule has 1 heterocycles. The third-order valence-corrected chi connectivity index (χ3v) is 3.88. The predicted octanol–water partition coefficient (Wildman–Crippen LogP) is 3.24. The molecule has 0 aliphatic carbocycles. The third-order valence-electron chi connectivity index (χ3n) is 3.88. The van der Waals surface area contributed by atoms with E-state index < -0.39 is 0 Å². The maximum absolute atomic E-state index is 6.12. The molecule has 1 aromatic heterocycles. The van der Waals surface area contributed by atoms with Gasteiger partial charge in [0.15, 0.2) is 17.3 Å². The summed E-state index contributed by atoms with van der Waals surface area (Å²) in [6, 6.07) is 11.6. The summed E-state index contributed by atoms with van der Waals surface area (Å²) in [5, 5.41) is 0.733. The Morgan fingerprint density at radius 1 is 0.923 bits per heavy atom. The van der Waals surface area contributed by atoms with E-state index in [4.69, 9.17) is 20.9 Å². The fourth-order valence-electron chi connectivity index (χ4n) is 2.60. The van der Waals surface area contributed by atoms with E-state index in [1.54, 1.807) is 26.4 Å². The quantitative estimate of drug-likeness (QED) is 0.686. The van der Waals surface area contributed by atoms with Crippen LogP contribution in [0.25, 0.3) is 22.3 Å². The fraction of sp³-hybridized carbons (Fsp3) is 0.222. The zero-order chi connectivity index (χ0) is 17.1. The van der Waals surface area contributed by atoms with Crippen LogP contribution in [0.5, 0.6) is 11.5 Å². The average Bonchev–Trinajstić information content (AvgIpc) is 2.61. The Labute approximate surface area is 164 Å². The minimum absolute atomic E-state index is 0. The molecular weight excluding hydrogens is 375 g/mol. The highest BCUT2D eigenvalue weighted by molar-refractivity contribution is 5.92. The molecule has 3 rings (SSSR count). The van der Waals surface area contributed by atoms with E-state index in [9.17, 15) is 0 Å².